The van der Waals surface area contributed by atoms with Crippen LogP contribution in [0.15, 0.2) is 0 Å². The predicted octanol–water partition coefficient (Wildman–Crippen LogP) is 3.43. The van der Waals surface area contributed by atoms with Gasteiger partial charge in [0.25, 0.3) is 0 Å². The summed E-state index contributed by atoms with van der Waals surface area (Å²) in [6.07, 6.45) is 3.28. The standard InChI is InChI=1S/C17H22F4N2O/c1-10-14(18)16(20)13(17(21)15(10)19)9-23-8-4-3-5-12(23)6-7-22-11(2)24/h12H,3-9H2,1-2H3,(H,22,24)/t12-/m0/s1. The fourth-order valence-corrected chi connectivity index (χ4v) is 3.14. The van der Waals surface area contributed by atoms with Crippen LogP contribution in [0.1, 0.15) is 43.7 Å². The van der Waals surface area contributed by atoms with Crippen molar-refractivity contribution in [1.29, 1.82) is 0 Å². The van der Waals surface area contributed by atoms with Crippen molar-refractivity contribution in [3.8, 4) is 0 Å². The van der Waals surface area contributed by atoms with Crippen LogP contribution in [0.4, 0.5) is 17.6 Å². The van der Waals surface area contributed by atoms with E-state index in [1.807, 2.05) is 4.90 Å². The van der Waals surface area contributed by atoms with Gasteiger partial charge in [-0.05, 0) is 32.7 Å². The Hall–Kier alpha value is -1.63. The molecule has 1 aliphatic rings. The highest BCUT2D eigenvalue weighted by molar-refractivity contribution is 5.72. The first-order chi connectivity index (χ1) is 11.3. The third-order valence-electron chi connectivity index (χ3n) is 4.54. The normalized spacial score (nSPS) is 18.7. The summed E-state index contributed by atoms with van der Waals surface area (Å²) >= 11 is 0. The average molecular weight is 346 g/mol. The number of amides is 1. The van der Waals surface area contributed by atoms with Crippen LogP contribution in [0.2, 0.25) is 0 Å². The van der Waals surface area contributed by atoms with E-state index in [2.05, 4.69) is 5.32 Å². The van der Waals surface area contributed by atoms with Crippen LogP contribution in [-0.4, -0.2) is 29.9 Å². The van der Waals surface area contributed by atoms with E-state index >= 15 is 0 Å². The van der Waals surface area contributed by atoms with Crippen LogP contribution in [0.5, 0.6) is 0 Å². The summed E-state index contributed by atoms with van der Waals surface area (Å²) in [5.74, 6) is -5.46. The van der Waals surface area contributed by atoms with Gasteiger partial charge in [-0.2, -0.15) is 0 Å². The molecule has 1 amide bonds. The lowest BCUT2D eigenvalue weighted by Crippen LogP contribution is -2.41. The van der Waals surface area contributed by atoms with Crippen LogP contribution in [-0.2, 0) is 11.3 Å². The number of carbonyl (C=O) groups is 1. The van der Waals surface area contributed by atoms with Crippen molar-refractivity contribution in [3.05, 3.63) is 34.4 Å². The lowest BCUT2D eigenvalue weighted by atomic mass is 9.98. The van der Waals surface area contributed by atoms with Crippen molar-refractivity contribution >= 4 is 5.91 Å². The monoisotopic (exact) mass is 346 g/mol. The van der Waals surface area contributed by atoms with Gasteiger partial charge >= 0.3 is 0 Å². The molecule has 1 N–H and O–H groups in total. The molecule has 0 aliphatic carbocycles. The second-order valence-corrected chi connectivity index (χ2v) is 6.25. The molecule has 0 bridgehead atoms. The van der Waals surface area contributed by atoms with Crippen LogP contribution < -0.4 is 5.32 Å². The molecule has 0 spiro atoms. The maximum absolute atomic E-state index is 14.1. The minimum absolute atomic E-state index is 0.0109. The molecule has 3 nitrogen and oxygen atoms in total. The van der Waals surface area contributed by atoms with E-state index < -0.39 is 34.4 Å². The third-order valence-corrected chi connectivity index (χ3v) is 4.54. The number of rotatable bonds is 5. The summed E-state index contributed by atoms with van der Waals surface area (Å²) < 4.78 is 55.6. The molecular weight excluding hydrogens is 324 g/mol. The predicted molar refractivity (Wildman–Crippen MR) is 82.4 cm³/mol. The van der Waals surface area contributed by atoms with Gasteiger partial charge in [-0.3, -0.25) is 9.69 Å². The van der Waals surface area contributed by atoms with Crippen LogP contribution in [0.25, 0.3) is 0 Å². The van der Waals surface area contributed by atoms with Gasteiger partial charge < -0.3 is 5.32 Å². The van der Waals surface area contributed by atoms with E-state index in [9.17, 15) is 22.4 Å². The molecule has 134 valence electrons. The molecule has 0 saturated carbocycles. The van der Waals surface area contributed by atoms with Crippen molar-refractivity contribution in [2.45, 2.75) is 52.1 Å². The number of nitrogens with zero attached hydrogens (tertiary/aromatic N) is 1. The van der Waals surface area contributed by atoms with Crippen molar-refractivity contribution in [2.24, 2.45) is 0 Å². The van der Waals surface area contributed by atoms with E-state index in [1.165, 1.54) is 6.92 Å². The number of hydrogen-bond acceptors (Lipinski definition) is 2. The Morgan fingerprint density at radius 3 is 2.33 bits per heavy atom. The van der Waals surface area contributed by atoms with Gasteiger partial charge in [0.1, 0.15) is 0 Å². The van der Waals surface area contributed by atoms with Gasteiger partial charge in [0.05, 0.1) is 0 Å². The van der Waals surface area contributed by atoms with Crippen molar-refractivity contribution in [3.63, 3.8) is 0 Å². The summed E-state index contributed by atoms with van der Waals surface area (Å²) in [6, 6.07) is 0.0109. The number of likely N-dealkylation sites (tertiary alicyclic amines) is 1. The lowest BCUT2D eigenvalue weighted by molar-refractivity contribution is -0.119. The van der Waals surface area contributed by atoms with E-state index in [-0.39, 0.29) is 18.5 Å². The summed E-state index contributed by atoms with van der Waals surface area (Å²) in [4.78, 5) is 12.8. The Morgan fingerprint density at radius 2 is 1.75 bits per heavy atom. The van der Waals surface area contributed by atoms with E-state index in [0.29, 0.717) is 19.5 Å². The number of benzene rings is 1. The first-order valence-corrected chi connectivity index (χ1v) is 8.12. The van der Waals surface area contributed by atoms with Gasteiger partial charge in [0.15, 0.2) is 23.3 Å². The first kappa shape index (κ1) is 18.7. The number of nitrogens with one attached hydrogen (secondary N) is 1. The molecule has 7 heteroatoms. The maximum Gasteiger partial charge on any atom is 0.216 e. The van der Waals surface area contributed by atoms with E-state index in [1.54, 1.807) is 0 Å². The molecule has 2 rings (SSSR count). The fraction of sp³-hybridized carbons (Fsp3) is 0.588. The highest BCUT2D eigenvalue weighted by Gasteiger charge is 2.28. The fourth-order valence-electron chi connectivity index (χ4n) is 3.14. The molecule has 24 heavy (non-hydrogen) atoms. The molecule has 1 heterocycles. The Morgan fingerprint density at radius 1 is 1.12 bits per heavy atom. The summed E-state index contributed by atoms with van der Waals surface area (Å²) in [7, 11) is 0. The quantitative estimate of drug-likeness (QED) is 0.654. The molecule has 1 atom stereocenters. The summed E-state index contributed by atoms with van der Waals surface area (Å²) in [6.45, 7) is 3.30. The van der Waals surface area contributed by atoms with Crippen molar-refractivity contribution in [1.82, 2.24) is 10.2 Å². The SMILES string of the molecule is CC(=O)NCC[C@@H]1CCCCN1Cc1c(F)c(F)c(C)c(F)c1F. The topological polar surface area (TPSA) is 32.3 Å². The first-order valence-electron chi connectivity index (χ1n) is 8.12. The molecule has 1 fully saturated rings. The molecule has 1 aliphatic heterocycles. The minimum atomic E-state index is -1.34. The second-order valence-electron chi connectivity index (χ2n) is 6.25. The Kier molecular flexibility index (Phi) is 6.21. The molecule has 1 saturated heterocycles. The Bertz CT molecular complexity index is 592. The van der Waals surface area contributed by atoms with Crippen molar-refractivity contribution < 1.29 is 22.4 Å². The smallest absolute Gasteiger partial charge is 0.216 e. The molecule has 0 radical (unpaired) electrons. The molecule has 1 aromatic carbocycles. The van der Waals surface area contributed by atoms with Crippen molar-refractivity contribution in [2.75, 3.05) is 13.1 Å². The zero-order valence-corrected chi connectivity index (χ0v) is 13.9. The Balaban J connectivity index is 2.17. The lowest BCUT2D eigenvalue weighted by Gasteiger charge is -2.36. The molecular formula is C17H22F4N2O. The van der Waals surface area contributed by atoms with Gasteiger partial charge in [0.2, 0.25) is 5.91 Å². The van der Waals surface area contributed by atoms with E-state index in [0.717, 1.165) is 26.2 Å². The molecule has 1 aromatic rings. The minimum Gasteiger partial charge on any atom is -0.356 e. The number of hydrogen-bond donors (Lipinski definition) is 1. The number of carbonyl (C=O) groups excluding carboxylic acids is 1. The zero-order valence-electron chi connectivity index (χ0n) is 13.9. The largest absolute Gasteiger partial charge is 0.356 e. The number of halogens is 4. The van der Waals surface area contributed by atoms with Gasteiger partial charge in [-0.25, -0.2) is 17.6 Å². The van der Waals surface area contributed by atoms with Gasteiger partial charge in [-0.1, -0.05) is 6.42 Å². The summed E-state index contributed by atoms with van der Waals surface area (Å²) in [5.41, 5.74) is -1.21. The second kappa shape index (κ2) is 7.96. The Labute approximate surface area is 139 Å². The highest BCUT2D eigenvalue weighted by atomic mass is 19.2. The molecule has 0 unspecified atom stereocenters. The number of piperidine rings is 1. The molecule has 0 aromatic heterocycles. The highest BCUT2D eigenvalue weighted by Crippen LogP contribution is 2.28. The zero-order chi connectivity index (χ0) is 17.9. The van der Waals surface area contributed by atoms with Crippen LogP contribution >= 0.6 is 0 Å². The maximum atomic E-state index is 14.1. The van der Waals surface area contributed by atoms with Gasteiger partial charge in [0, 0.05) is 37.2 Å². The average Bonchev–Trinajstić information content (AvgIpc) is 2.56. The summed E-state index contributed by atoms with van der Waals surface area (Å²) in [5, 5.41) is 2.69. The van der Waals surface area contributed by atoms with E-state index in [4.69, 9.17) is 0 Å². The third kappa shape index (κ3) is 4.06. The van der Waals surface area contributed by atoms with Crippen LogP contribution in [0.3, 0.4) is 0 Å². The van der Waals surface area contributed by atoms with Crippen LogP contribution in [0, 0.1) is 30.2 Å². The van der Waals surface area contributed by atoms with Gasteiger partial charge in [-0.15, -0.1) is 0 Å².